The first-order valence-corrected chi connectivity index (χ1v) is 7.75. The van der Waals surface area contributed by atoms with Gasteiger partial charge in [-0.1, -0.05) is 44.2 Å². The van der Waals surface area contributed by atoms with Gasteiger partial charge in [-0.2, -0.15) is 0 Å². The zero-order valence-electron chi connectivity index (χ0n) is 12.6. The molecule has 112 valence electrons. The fourth-order valence-electron chi connectivity index (χ4n) is 3.36. The van der Waals surface area contributed by atoms with Crippen LogP contribution < -0.4 is 16.0 Å². The number of ether oxygens (including phenoxy) is 1. The molecule has 0 unspecified atom stereocenters. The van der Waals surface area contributed by atoms with Gasteiger partial charge < -0.3 is 10.2 Å². The molecule has 0 amide bonds. The van der Waals surface area contributed by atoms with Crippen LogP contribution in [-0.2, 0) is 6.42 Å². The Kier molecular flexibility index (Phi) is 4.25. The summed E-state index contributed by atoms with van der Waals surface area (Å²) in [5.41, 5.74) is 4.84. The molecular weight excluding hydrogens is 262 g/mol. The predicted octanol–water partition coefficient (Wildman–Crippen LogP) is 3.65. The van der Waals surface area contributed by atoms with Crippen LogP contribution in [0.1, 0.15) is 37.7 Å². The third-order valence-corrected chi connectivity index (χ3v) is 4.48. The molecule has 1 aliphatic rings. The van der Waals surface area contributed by atoms with Gasteiger partial charge in [0.1, 0.15) is 17.1 Å². The second kappa shape index (κ2) is 6.31. The number of methoxy groups -OCH3 is 1. The van der Waals surface area contributed by atoms with Crippen LogP contribution in [0.4, 0.5) is 5.82 Å². The van der Waals surface area contributed by atoms with E-state index in [9.17, 15) is 0 Å². The van der Waals surface area contributed by atoms with Crippen LogP contribution in [0.2, 0.25) is 0 Å². The average molecular weight is 285 g/mol. The Hall–Kier alpha value is -1.81. The summed E-state index contributed by atoms with van der Waals surface area (Å²) in [7, 11) is 1.67. The van der Waals surface area contributed by atoms with E-state index in [4.69, 9.17) is 10.6 Å². The van der Waals surface area contributed by atoms with E-state index in [0.29, 0.717) is 0 Å². The van der Waals surface area contributed by atoms with Gasteiger partial charge >= 0.3 is 0 Å². The summed E-state index contributed by atoms with van der Waals surface area (Å²) >= 11 is 0. The van der Waals surface area contributed by atoms with Crippen LogP contribution in [0, 0.1) is 5.92 Å². The summed E-state index contributed by atoms with van der Waals surface area (Å²) in [6.45, 7) is 0. The van der Waals surface area contributed by atoms with Crippen molar-refractivity contribution < 1.29 is 4.74 Å². The van der Waals surface area contributed by atoms with Crippen molar-refractivity contribution in [2.45, 2.75) is 38.5 Å². The second-order valence-electron chi connectivity index (χ2n) is 5.88. The van der Waals surface area contributed by atoms with Crippen molar-refractivity contribution in [2.24, 2.45) is 11.8 Å². The number of nitrogens with zero attached hydrogens (tertiary/aromatic N) is 1. The molecule has 1 aromatic carbocycles. The molecule has 0 aliphatic heterocycles. The van der Waals surface area contributed by atoms with E-state index in [0.717, 1.165) is 34.8 Å². The third kappa shape index (κ3) is 2.95. The molecule has 3 N–H and O–H groups in total. The van der Waals surface area contributed by atoms with Crippen LogP contribution in [-0.4, -0.2) is 12.1 Å². The number of aromatic nitrogens is 1. The molecule has 0 spiro atoms. The number of fused-ring (bicyclic) bond motifs is 1. The van der Waals surface area contributed by atoms with Gasteiger partial charge in [-0.25, -0.2) is 10.8 Å². The number of benzene rings is 1. The highest BCUT2D eigenvalue weighted by molar-refractivity contribution is 5.87. The van der Waals surface area contributed by atoms with E-state index in [1.165, 1.54) is 37.7 Å². The molecule has 1 aliphatic carbocycles. The van der Waals surface area contributed by atoms with Gasteiger partial charge in [0.15, 0.2) is 0 Å². The van der Waals surface area contributed by atoms with Gasteiger partial charge in [0.05, 0.1) is 7.11 Å². The number of nitrogens with one attached hydrogen (secondary N) is 1. The number of para-hydroxylation sites is 1. The molecule has 0 saturated heterocycles. The Morgan fingerprint density at radius 2 is 2.10 bits per heavy atom. The van der Waals surface area contributed by atoms with E-state index < -0.39 is 0 Å². The summed E-state index contributed by atoms with van der Waals surface area (Å²) < 4.78 is 5.39. The molecule has 0 bridgehead atoms. The Balaban J connectivity index is 1.97. The number of rotatable bonds is 4. The topological polar surface area (TPSA) is 60.2 Å². The van der Waals surface area contributed by atoms with Crippen molar-refractivity contribution in [3.8, 4) is 5.75 Å². The van der Waals surface area contributed by atoms with Crippen molar-refractivity contribution in [3.05, 3.63) is 29.8 Å². The first-order chi connectivity index (χ1) is 10.3. The molecular formula is C17H23N3O. The lowest BCUT2D eigenvalue weighted by Gasteiger charge is -2.22. The highest BCUT2D eigenvalue weighted by atomic mass is 16.5. The quantitative estimate of drug-likeness (QED) is 0.665. The monoisotopic (exact) mass is 285 g/mol. The minimum Gasteiger partial charge on any atom is -0.494 e. The van der Waals surface area contributed by atoms with Crippen molar-refractivity contribution in [2.75, 3.05) is 12.5 Å². The van der Waals surface area contributed by atoms with E-state index in [-0.39, 0.29) is 0 Å². The molecule has 1 heterocycles. The molecule has 4 heteroatoms. The molecule has 0 radical (unpaired) electrons. The van der Waals surface area contributed by atoms with Gasteiger partial charge in [0, 0.05) is 5.39 Å². The van der Waals surface area contributed by atoms with Crippen LogP contribution in [0.5, 0.6) is 5.75 Å². The van der Waals surface area contributed by atoms with Crippen LogP contribution in [0.3, 0.4) is 0 Å². The minimum absolute atomic E-state index is 0.760. The van der Waals surface area contributed by atoms with Crippen molar-refractivity contribution in [1.29, 1.82) is 0 Å². The van der Waals surface area contributed by atoms with E-state index >= 15 is 0 Å². The lowest BCUT2D eigenvalue weighted by atomic mass is 9.85. The summed E-state index contributed by atoms with van der Waals surface area (Å²) in [5, 5.41) is 1.11. The first kappa shape index (κ1) is 14.1. The van der Waals surface area contributed by atoms with E-state index in [1.54, 1.807) is 7.11 Å². The smallest absolute Gasteiger partial charge is 0.145 e. The zero-order valence-corrected chi connectivity index (χ0v) is 12.6. The summed E-state index contributed by atoms with van der Waals surface area (Å²) in [6, 6.07) is 8.21. The first-order valence-electron chi connectivity index (χ1n) is 7.75. The zero-order chi connectivity index (χ0) is 14.7. The molecule has 1 fully saturated rings. The van der Waals surface area contributed by atoms with Gasteiger partial charge in [-0.3, -0.25) is 0 Å². The van der Waals surface area contributed by atoms with Crippen LogP contribution in [0.25, 0.3) is 10.9 Å². The Morgan fingerprint density at radius 3 is 2.81 bits per heavy atom. The van der Waals surface area contributed by atoms with Crippen LogP contribution in [0.15, 0.2) is 24.3 Å². The fourth-order valence-corrected chi connectivity index (χ4v) is 3.36. The summed E-state index contributed by atoms with van der Waals surface area (Å²) in [6.07, 6.45) is 7.78. The molecule has 3 rings (SSSR count). The molecule has 0 atom stereocenters. The number of pyridine rings is 1. The van der Waals surface area contributed by atoms with E-state index in [1.807, 2.05) is 12.1 Å². The maximum atomic E-state index is 5.68. The second-order valence-corrected chi connectivity index (χ2v) is 5.88. The number of nitrogen functional groups attached to an aromatic ring is 1. The highest BCUT2D eigenvalue weighted by Gasteiger charge is 2.17. The highest BCUT2D eigenvalue weighted by Crippen LogP contribution is 2.32. The molecule has 1 saturated carbocycles. The maximum Gasteiger partial charge on any atom is 0.145 e. The molecule has 2 aromatic rings. The summed E-state index contributed by atoms with van der Waals surface area (Å²) in [4.78, 5) is 4.67. The Labute approximate surface area is 125 Å². The average Bonchev–Trinajstić information content (AvgIpc) is 2.54. The number of anilines is 1. The van der Waals surface area contributed by atoms with Crippen molar-refractivity contribution >= 4 is 16.7 Å². The van der Waals surface area contributed by atoms with Crippen molar-refractivity contribution in [3.63, 3.8) is 0 Å². The van der Waals surface area contributed by atoms with E-state index in [2.05, 4.69) is 22.5 Å². The number of hydrazine groups is 1. The number of hydrogen-bond acceptors (Lipinski definition) is 4. The SMILES string of the molecule is COc1cccc2cc(CC3CCCCC3)c(NN)nc12. The predicted molar refractivity (Wildman–Crippen MR) is 86.4 cm³/mol. The summed E-state index contributed by atoms with van der Waals surface area (Å²) in [5.74, 6) is 8.01. The largest absolute Gasteiger partial charge is 0.494 e. The molecule has 21 heavy (non-hydrogen) atoms. The number of nitrogens with two attached hydrogens (primary N) is 1. The van der Waals surface area contributed by atoms with Gasteiger partial charge in [-0.15, -0.1) is 0 Å². The molecule has 1 aromatic heterocycles. The van der Waals surface area contributed by atoms with Crippen molar-refractivity contribution in [1.82, 2.24) is 4.98 Å². The molecule has 4 nitrogen and oxygen atoms in total. The van der Waals surface area contributed by atoms with Crippen LogP contribution >= 0.6 is 0 Å². The fraction of sp³-hybridized carbons (Fsp3) is 0.471. The van der Waals surface area contributed by atoms with Gasteiger partial charge in [-0.05, 0) is 30.0 Å². The Bertz CT molecular complexity index is 621. The lowest BCUT2D eigenvalue weighted by molar-refractivity contribution is 0.357. The standard InChI is InChI=1S/C17H23N3O/c1-21-15-9-5-8-13-11-14(17(20-18)19-16(13)15)10-12-6-3-2-4-7-12/h5,8-9,11-12H,2-4,6-7,10,18H2,1H3,(H,19,20). The normalized spacial score (nSPS) is 16.1. The van der Waals surface area contributed by atoms with Gasteiger partial charge in [0.25, 0.3) is 0 Å². The third-order valence-electron chi connectivity index (χ3n) is 4.48. The maximum absolute atomic E-state index is 5.68. The van der Waals surface area contributed by atoms with Gasteiger partial charge in [0.2, 0.25) is 0 Å². The Morgan fingerprint density at radius 1 is 1.29 bits per heavy atom. The lowest BCUT2D eigenvalue weighted by Crippen LogP contribution is -2.15. The number of hydrogen-bond donors (Lipinski definition) is 2. The minimum atomic E-state index is 0.760.